The van der Waals surface area contributed by atoms with E-state index in [9.17, 15) is 4.79 Å². The largest absolute Gasteiger partial charge is 0.294 e. The van der Waals surface area contributed by atoms with Crippen LogP contribution in [0.4, 0.5) is 0 Å². The maximum absolute atomic E-state index is 12.3. The summed E-state index contributed by atoms with van der Waals surface area (Å²) >= 11 is 2.29. The summed E-state index contributed by atoms with van der Waals surface area (Å²) in [5.74, 6) is 0.861. The first-order valence-electron chi connectivity index (χ1n) is 6.88. The first-order chi connectivity index (χ1) is 8.60. The summed E-state index contributed by atoms with van der Waals surface area (Å²) in [6.07, 6.45) is 5.44. The number of hydrogen-bond donors (Lipinski definition) is 0. The van der Waals surface area contributed by atoms with Crippen LogP contribution in [0.1, 0.15) is 61.9 Å². The van der Waals surface area contributed by atoms with Crippen molar-refractivity contribution < 1.29 is 4.79 Å². The number of unbranched alkanes of at least 4 members (excludes halogenated alkanes) is 1. The average Bonchev–Trinajstić information content (AvgIpc) is 2.37. The molecule has 18 heavy (non-hydrogen) atoms. The molecule has 0 spiro atoms. The normalized spacial score (nSPS) is 12.4. The third kappa shape index (κ3) is 4.38. The van der Waals surface area contributed by atoms with Crippen LogP contribution in [-0.4, -0.2) is 5.78 Å². The molecule has 1 unspecified atom stereocenters. The fourth-order valence-electron chi connectivity index (χ4n) is 2.18. The minimum absolute atomic E-state index is 0.311. The summed E-state index contributed by atoms with van der Waals surface area (Å²) in [4.78, 5) is 12.3. The Kier molecular flexibility index (Phi) is 6.90. The first-order valence-corrected chi connectivity index (χ1v) is 7.96. The summed E-state index contributed by atoms with van der Waals surface area (Å²) in [6, 6.07) is 6.01. The zero-order valence-electron chi connectivity index (χ0n) is 11.6. The molecule has 0 radical (unpaired) electrons. The second-order valence-corrected chi connectivity index (χ2v) is 6.06. The Bertz CT molecular complexity index is 398. The van der Waals surface area contributed by atoms with Gasteiger partial charge in [0.2, 0.25) is 0 Å². The number of benzene rings is 1. The predicted octanol–water partition coefficient (Wildman–Crippen LogP) is 5.39. The Labute approximate surface area is 125 Å². The highest BCUT2D eigenvalue weighted by molar-refractivity contribution is 14.1. The van der Waals surface area contributed by atoms with Gasteiger partial charge < -0.3 is 0 Å². The van der Waals surface area contributed by atoms with E-state index in [1.165, 1.54) is 24.8 Å². The van der Waals surface area contributed by atoms with E-state index in [0.29, 0.717) is 18.1 Å². The number of carbonyl (C=O) groups excluding carboxylic acids is 1. The van der Waals surface area contributed by atoms with Crippen LogP contribution in [0.5, 0.6) is 0 Å². The lowest BCUT2D eigenvalue weighted by atomic mass is 9.91. The van der Waals surface area contributed by atoms with E-state index in [4.69, 9.17) is 0 Å². The highest BCUT2D eigenvalue weighted by Crippen LogP contribution is 2.23. The van der Waals surface area contributed by atoms with Gasteiger partial charge >= 0.3 is 0 Å². The molecule has 0 aliphatic heterocycles. The molecule has 0 bridgehead atoms. The fourth-order valence-corrected chi connectivity index (χ4v) is 2.84. The van der Waals surface area contributed by atoms with Crippen LogP contribution in [-0.2, 0) is 0 Å². The van der Waals surface area contributed by atoms with Crippen LogP contribution in [0.2, 0.25) is 0 Å². The van der Waals surface area contributed by atoms with Gasteiger partial charge in [-0.05, 0) is 41.0 Å². The predicted molar refractivity (Wildman–Crippen MR) is 86.1 cm³/mol. The topological polar surface area (TPSA) is 17.1 Å². The first kappa shape index (κ1) is 15.7. The second kappa shape index (κ2) is 7.93. The van der Waals surface area contributed by atoms with Crippen molar-refractivity contribution in [3.63, 3.8) is 0 Å². The zero-order valence-corrected chi connectivity index (χ0v) is 13.8. The van der Waals surface area contributed by atoms with Crippen LogP contribution in [0.25, 0.3) is 0 Å². The summed E-state index contributed by atoms with van der Waals surface area (Å²) in [7, 11) is 0. The SMILES string of the molecule is CCCCC(CC)CC(=O)c1cccc(C)c1I. The van der Waals surface area contributed by atoms with Crippen molar-refractivity contribution in [2.75, 3.05) is 0 Å². The Morgan fingerprint density at radius 2 is 2.06 bits per heavy atom. The lowest BCUT2D eigenvalue weighted by Gasteiger charge is -2.14. The van der Waals surface area contributed by atoms with Crippen molar-refractivity contribution in [2.24, 2.45) is 5.92 Å². The molecule has 0 aromatic heterocycles. The van der Waals surface area contributed by atoms with E-state index in [0.717, 1.165) is 15.6 Å². The molecule has 0 amide bonds. The summed E-state index contributed by atoms with van der Waals surface area (Å²) in [6.45, 7) is 6.46. The maximum atomic E-state index is 12.3. The molecule has 0 N–H and O–H groups in total. The summed E-state index contributed by atoms with van der Waals surface area (Å²) < 4.78 is 1.12. The summed E-state index contributed by atoms with van der Waals surface area (Å²) in [5, 5.41) is 0. The van der Waals surface area contributed by atoms with Crippen molar-refractivity contribution in [1.82, 2.24) is 0 Å². The van der Waals surface area contributed by atoms with E-state index in [1.807, 2.05) is 12.1 Å². The molecular weight excluding hydrogens is 335 g/mol. The number of hydrogen-bond acceptors (Lipinski definition) is 1. The second-order valence-electron chi connectivity index (χ2n) is 4.98. The number of ketones is 1. The number of aryl methyl sites for hydroxylation is 1. The van der Waals surface area contributed by atoms with E-state index >= 15 is 0 Å². The van der Waals surface area contributed by atoms with Crippen LogP contribution in [0.15, 0.2) is 18.2 Å². The van der Waals surface area contributed by atoms with Crippen molar-refractivity contribution in [3.05, 3.63) is 32.9 Å². The van der Waals surface area contributed by atoms with Crippen molar-refractivity contribution in [1.29, 1.82) is 0 Å². The van der Waals surface area contributed by atoms with Gasteiger partial charge in [0, 0.05) is 15.6 Å². The van der Waals surface area contributed by atoms with Crippen LogP contribution in [0.3, 0.4) is 0 Å². The van der Waals surface area contributed by atoms with Gasteiger partial charge in [-0.15, -0.1) is 0 Å². The highest BCUT2D eigenvalue weighted by atomic mass is 127. The van der Waals surface area contributed by atoms with Crippen molar-refractivity contribution in [3.8, 4) is 0 Å². The van der Waals surface area contributed by atoms with E-state index < -0.39 is 0 Å². The monoisotopic (exact) mass is 358 g/mol. The van der Waals surface area contributed by atoms with E-state index in [1.54, 1.807) is 0 Å². The Hall–Kier alpha value is -0.380. The van der Waals surface area contributed by atoms with Gasteiger partial charge in [-0.3, -0.25) is 4.79 Å². The van der Waals surface area contributed by atoms with Gasteiger partial charge in [-0.25, -0.2) is 0 Å². The van der Waals surface area contributed by atoms with Crippen molar-refractivity contribution >= 4 is 28.4 Å². The van der Waals surface area contributed by atoms with Gasteiger partial charge in [-0.2, -0.15) is 0 Å². The average molecular weight is 358 g/mol. The van der Waals surface area contributed by atoms with Gasteiger partial charge in [-0.1, -0.05) is 57.7 Å². The van der Waals surface area contributed by atoms with Crippen LogP contribution in [0, 0.1) is 16.4 Å². The minimum Gasteiger partial charge on any atom is -0.294 e. The molecule has 0 fully saturated rings. The third-order valence-corrected chi connectivity index (χ3v) is 4.94. The van der Waals surface area contributed by atoms with Gasteiger partial charge in [0.1, 0.15) is 0 Å². The Morgan fingerprint density at radius 1 is 1.33 bits per heavy atom. The molecule has 0 saturated carbocycles. The lowest BCUT2D eigenvalue weighted by molar-refractivity contribution is 0.0956. The molecule has 0 heterocycles. The molecule has 1 aromatic rings. The summed E-state index contributed by atoms with van der Waals surface area (Å²) in [5.41, 5.74) is 2.11. The lowest BCUT2D eigenvalue weighted by Crippen LogP contribution is -2.10. The molecule has 0 saturated heterocycles. The molecule has 100 valence electrons. The van der Waals surface area contributed by atoms with Crippen molar-refractivity contribution in [2.45, 2.75) is 52.9 Å². The van der Waals surface area contributed by atoms with Gasteiger partial charge in [0.15, 0.2) is 5.78 Å². The van der Waals surface area contributed by atoms with E-state index in [-0.39, 0.29) is 0 Å². The smallest absolute Gasteiger partial charge is 0.164 e. The Balaban J connectivity index is 2.72. The van der Waals surface area contributed by atoms with Crippen LogP contribution >= 0.6 is 22.6 Å². The molecule has 1 rings (SSSR count). The quantitative estimate of drug-likeness (QED) is 0.472. The zero-order chi connectivity index (χ0) is 13.5. The standard InChI is InChI=1S/C16H23IO/c1-4-6-9-13(5-2)11-15(18)14-10-7-8-12(3)16(14)17/h7-8,10,13H,4-6,9,11H2,1-3H3. The Morgan fingerprint density at radius 3 is 2.67 bits per heavy atom. The number of carbonyl (C=O) groups is 1. The molecule has 0 aliphatic carbocycles. The minimum atomic E-state index is 0.311. The number of Topliss-reactive ketones (excluding diaryl/α,β-unsaturated/α-hetero) is 1. The molecule has 2 heteroatoms. The third-order valence-electron chi connectivity index (χ3n) is 3.51. The molecular formula is C16H23IO. The molecule has 1 nitrogen and oxygen atoms in total. The maximum Gasteiger partial charge on any atom is 0.164 e. The molecule has 0 aliphatic rings. The molecule has 1 aromatic carbocycles. The molecule has 1 atom stereocenters. The van der Waals surface area contributed by atoms with Crippen LogP contribution < -0.4 is 0 Å². The number of rotatable bonds is 7. The van der Waals surface area contributed by atoms with E-state index in [2.05, 4.69) is 49.4 Å². The van der Waals surface area contributed by atoms with Gasteiger partial charge in [0.25, 0.3) is 0 Å². The van der Waals surface area contributed by atoms with Gasteiger partial charge in [0.05, 0.1) is 0 Å². The highest BCUT2D eigenvalue weighted by Gasteiger charge is 2.16. The fraction of sp³-hybridized carbons (Fsp3) is 0.562. The number of halogens is 1.